The van der Waals surface area contributed by atoms with E-state index in [0.717, 1.165) is 0 Å². The predicted molar refractivity (Wildman–Crippen MR) is 95.1 cm³/mol. The molecule has 2 rings (SSSR count). The van der Waals surface area contributed by atoms with Crippen LogP contribution in [0.25, 0.3) is 0 Å². The maximum atomic E-state index is 5.49. The molecule has 0 bridgehead atoms. The molecular weight excluding hydrogens is 473 g/mol. The van der Waals surface area contributed by atoms with Gasteiger partial charge >= 0.3 is 71.8 Å². The van der Waals surface area contributed by atoms with E-state index in [4.69, 9.17) is 11.5 Å². The quantitative estimate of drug-likeness (QED) is 0.511. The van der Waals surface area contributed by atoms with E-state index in [-0.39, 0.29) is 25.8 Å². The van der Waals surface area contributed by atoms with Crippen LogP contribution in [0.5, 0.6) is 0 Å². The van der Waals surface area contributed by atoms with Crippen LogP contribution in [-0.2, 0) is 13.1 Å². The summed E-state index contributed by atoms with van der Waals surface area (Å²) in [6.07, 6.45) is 0. The molecule has 0 saturated carbocycles. The van der Waals surface area contributed by atoms with Crippen LogP contribution in [0.15, 0.2) is 48.5 Å². The van der Waals surface area contributed by atoms with Crippen molar-refractivity contribution in [2.24, 2.45) is 11.5 Å². The number of rotatable bonds is 3. The van der Waals surface area contributed by atoms with Crippen LogP contribution in [0, 0.1) is 3.57 Å². The Morgan fingerprint density at radius 2 is 1.50 bits per heavy atom. The first-order valence-electron chi connectivity index (χ1n) is 6.11. The van der Waals surface area contributed by atoms with Gasteiger partial charge in [0, 0.05) is 10.1 Å². The second-order valence-corrected chi connectivity index (χ2v) is 8.31. The maximum absolute atomic E-state index is 5.49. The molecule has 0 saturated heterocycles. The summed E-state index contributed by atoms with van der Waals surface area (Å²) >= 11 is 2.03. The van der Waals surface area contributed by atoms with Crippen molar-refractivity contribution in [3.8, 4) is 0 Å². The van der Waals surface area contributed by atoms with Crippen LogP contribution in [0.3, 0.4) is 0 Å². The molecule has 2 nitrogen and oxygen atoms in total. The molecule has 0 atom stereocenters. The molecule has 108 valence electrons. The second kappa shape index (κ2) is 11.5. The van der Waals surface area contributed by atoms with E-state index < -0.39 is 0 Å². The third kappa shape index (κ3) is 7.56. The first kappa shape index (κ1) is 19.8. The van der Waals surface area contributed by atoms with Crippen LogP contribution < -0.4 is 15.0 Å². The summed E-state index contributed by atoms with van der Waals surface area (Å²) in [6.45, 7) is 1.31. The number of nitrogens with two attached hydrogens (primary N) is 2. The summed E-state index contributed by atoms with van der Waals surface area (Å²) in [6, 6.07) is 16.8. The van der Waals surface area contributed by atoms with E-state index in [1.54, 1.807) is 0 Å². The van der Waals surface area contributed by atoms with Crippen molar-refractivity contribution in [2.75, 3.05) is 0 Å². The molecule has 0 aromatic heterocycles. The summed E-state index contributed by atoms with van der Waals surface area (Å²) in [7, 11) is 0. The Labute approximate surface area is 144 Å². The van der Waals surface area contributed by atoms with Crippen molar-refractivity contribution in [3.05, 3.63) is 63.2 Å². The first-order chi connectivity index (χ1) is 9.19. The normalized spacial score (nSPS) is 9.20. The van der Waals surface area contributed by atoms with Gasteiger partial charge in [0.2, 0.25) is 0 Å². The van der Waals surface area contributed by atoms with Gasteiger partial charge < -0.3 is 5.73 Å². The Morgan fingerprint density at radius 3 is 1.95 bits per heavy atom. The van der Waals surface area contributed by atoms with E-state index in [2.05, 4.69) is 63.9 Å². The average Bonchev–Trinajstić information content (AvgIpc) is 2.48. The summed E-state index contributed by atoms with van der Waals surface area (Å²) in [5.41, 5.74) is 13.4. The van der Waals surface area contributed by atoms with E-state index in [1.165, 1.54) is 18.3 Å². The van der Waals surface area contributed by atoms with Gasteiger partial charge in [-0.05, 0) is 40.3 Å². The SMILES string of the molecule is F.NCc1cccc(I)c1.[CH3][Sn][c]1cccc(CN)c1. The number of halogens is 2. The molecule has 5 heteroatoms. The van der Waals surface area contributed by atoms with Gasteiger partial charge in [-0.1, -0.05) is 12.1 Å². The molecule has 0 heterocycles. The van der Waals surface area contributed by atoms with Gasteiger partial charge in [0.15, 0.2) is 0 Å². The fourth-order valence-corrected chi connectivity index (χ4v) is 3.82. The molecule has 0 unspecified atom stereocenters. The molecule has 2 aromatic rings. The third-order valence-corrected chi connectivity index (χ3v) is 5.78. The van der Waals surface area contributed by atoms with Gasteiger partial charge in [-0.3, -0.25) is 4.70 Å². The molecule has 20 heavy (non-hydrogen) atoms. The van der Waals surface area contributed by atoms with Crippen molar-refractivity contribution in [1.29, 1.82) is 0 Å². The van der Waals surface area contributed by atoms with Crippen molar-refractivity contribution >= 4 is 47.3 Å². The molecule has 0 aliphatic rings. The molecule has 2 radical (unpaired) electrons. The molecule has 0 amide bonds. The van der Waals surface area contributed by atoms with E-state index >= 15 is 0 Å². The molecule has 0 aliphatic heterocycles. The minimum absolute atomic E-state index is 0. The molecule has 0 fully saturated rings. The summed E-state index contributed by atoms with van der Waals surface area (Å²) in [5, 5.41) is 0. The van der Waals surface area contributed by atoms with Crippen molar-refractivity contribution < 1.29 is 4.70 Å². The topological polar surface area (TPSA) is 52.0 Å². The van der Waals surface area contributed by atoms with Crippen LogP contribution >= 0.6 is 22.6 Å². The van der Waals surface area contributed by atoms with E-state index in [0.29, 0.717) is 13.1 Å². The predicted octanol–water partition coefficient (Wildman–Crippen LogP) is 2.43. The van der Waals surface area contributed by atoms with Gasteiger partial charge in [0.05, 0.1) is 0 Å². The van der Waals surface area contributed by atoms with Gasteiger partial charge in [0.25, 0.3) is 0 Å². The number of hydrogen-bond donors (Lipinski definition) is 2. The Balaban J connectivity index is 0.000000345. The zero-order valence-corrected chi connectivity index (χ0v) is 16.5. The minimum atomic E-state index is -0.238. The van der Waals surface area contributed by atoms with Crippen LogP contribution in [0.1, 0.15) is 11.1 Å². The van der Waals surface area contributed by atoms with E-state index in [1.807, 2.05) is 12.1 Å². The van der Waals surface area contributed by atoms with Gasteiger partial charge in [-0.15, -0.1) is 0 Å². The van der Waals surface area contributed by atoms with E-state index in [9.17, 15) is 0 Å². The van der Waals surface area contributed by atoms with Crippen molar-refractivity contribution in [1.82, 2.24) is 0 Å². The van der Waals surface area contributed by atoms with Crippen LogP contribution in [-0.4, -0.2) is 21.1 Å². The molecule has 0 spiro atoms. The number of hydrogen-bond acceptors (Lipinski definition) is 2. The Hall–Kier alpha value is -0.181. The second-order valence-electron chi connectivity index (χ2n) is 3.99. The molecular formula is C15H20FIN2Sn. The van der Waals surface area contributed by atoms with Crippen molar-refractivity contribution in [3.63, 3.8) is 0 Å². The Morgan fingerprint density at radius 1 is 0.950 bits per heavy atom. The zero-order valence-electron chi connectivity index (χ0n) is 11.5. The monoisotopic (exact) mass is 494 g/mol. The number of benzene rings is 2. The summed E-state index contributed by atoms with van der Waals surface area (Å²) < 4.78 is 2.78. The van der Waals surface area contributed by atoms with Crippen LogP contribution in [0.4, 0.5) is 4.70 Å². The Bertz CT molecular complexity index is 489. The van der Waals surface area contributed by atoms with Crippen LogP contribution in [0.2, 0.25) is 4.94 Å². The molecule has 0 aliphatic carbocycles. The fourth-order valence-electron chi connectivity index (χ4n) is 1.52. The van der Waals surface area contributed by atoms with Crippen molar-refractivity contribution in [2.45, 2.75) is 18.0 Å². The molecule has 2 aromatic carbocycles. The molecule has 4 N–H and O–H groups in total. The standard InChI is InChI=1S/C7H8IN.C7H8N.CH3.FH.Sn/c8-7-3-1-2-6(4-7)5-9;8-6-7-4-2-1-3-5-7;;;/h1-4H,5,9H2;1-2,4-5H,6,8H2;1H3;1H;. The van der Waals surface area contributed by atoms with Gasteiger partial charge in [0.1, 0.15) is 0 Å². The third-order valence-electron chi connectivity index (χ3n) is 2.58. The Kier molecular flexibility index (Phi) is 11.4. The summed E-state index contributed by atoms with van der Waals surface area (Å²) in [5.74, 6) is 0. The average molecular weight is 493 g/mol. The van der Waals surface area contributed by atoms with Gasteiger partial charge in [-0.2, -0.15) is 0 Å². The van der Waals surface area contributed by atoms with Gasteiger partial charge in [-0.25, -0.2) is 0 Å². The first-order valence-corrected chi connectivity index (χ1v) is 11.5. The zero-order chi connectivity index (χ0) is 14.1. The summed E-state index contributed by atoms with van der Waals surface area (Å²) in [4.78, 5) is 2.32. The fraction of sp³-hybridized carbons (Fsp3) is 0.200.